The van der Waals surface area contributed by atoms with Crippen molar-refractivity contribution in [2.24, 2.45) is 12.2 Å². The van der Waals surface area contributed by atoms with Gasteiger partial charge in [-0.3, -0.25) is 9.59 Å². The van der Waals surface area contributed by atoms with Gasteiger partial charge in [-0.25, -0.2) is 12.7 Å². The van der Waals surface area contributed by atoms with Gasteiger partial charge in [0, 0.05) is 45.2 Å². The topological polar surface area (TPSA) is 126 Å². The highest BCUT2D eigenvalue weighted by atomic mass is 32.2. The van der Waals surface area contributed by atoms with Crippen molar-refractivity contribution in [2.75, 3.05) is 33.0 Å². The second kappa shape index (κ2) is 10.3. The summed E-state index contributed by atoms with van der Waals surface area (Å²) in [5, 5.41) is 7.17. The van der Waals surface area contributed by atoms with E-state index < -0.39 is 21.3 Å². The predicted molar refractivity (Wildman–Crippen MR) is 155 cm³/mol. The Labute approximate surface area is 239 Å². The van der Waals surface area contributed by atoms with Gasteiger partial charge in [-0.05, 0) is 53.9 Å². The summed E-state index contributed by atoms with van der Waals surface area (Å²) in [5.74, 6) is 0.108. The van der Waals surface area contributed by atoms with Crippen LogP contribution in [-0.2, 0) is 51.7 Å². The third-order valence-corrected chi connectivity index (χ3v) is 9.30. The van der Waals surface area contributed by atoms with Crippen molar-refractivity contribution in [3.8, 4) is 11.1 Å². The zero-order valence-electron chi connectivity index (χ0n) is 24.4. The molecule has 5 rings (SSSR count). The van der Waals surface area contributed by atoms with Crippen molar-refractivity contribution in [1.29, 1.82) is 0 Å². The Balaban J connectivity index is 1.55. The number of nitrogens with zero attached hydrogens (tertiary/aromatic N) is 4. The number of rotatable bonds is 6. The van der Waals surface area contributed by atoms with Crippen LogP contribution in [0.5, 0.6) is 0 Å². The van der Waals surface area contributed by atoms with Crippen LogP contribution in [0.1, 0.15) is 48.8 Å². The molecule has 0 unspecified atom stereocenters. The van der Waals surface area contributed by atoms with Crippen LogP contribution in [0.25, 0.3) is 11.1 Å². The molecule has 0 bridgehead atoms. The van der Waals surface area contributed by atoms with Gasteiger partial charge >= 0.3 is 0 Å². The van der Waals surface area contributed by atoms with E-state index in [1.54, 1.807) is 24.3 Å². The molecular formula is C29H35N5O6S. The third kappa shape index (κ3) is 5.11. The second-order valence-electron chi connectivity index (χ2n) is 11.7. The van der Waals surface area contributed by atoms with E-state index >= 15 is 0 Å². The number of amides is 1. The number of oxime groups is 1. The number of carbonyl (C=O) groups is 1. The van der Waals surface area contributed by atoms with E-state index in [2.05, 4.69) is 15.4 Å². The van der Waals surface area contributed by atoms with Gasteiger partial charge in [0.05, 0.1) is 10.6 Å². The van der Waals surface area contributed by atoms with Crippen LogP contribution in [-0.4, -0.2) is 61.7 Å². The summed E-state index contributed by atoms with van der Waals surface area (Å²) in [5.41, 5.74) is 4.86. The lowest BCUT2D eigenvalue weighted by Crippen LogP contribution is -2.27. The van der Waals surface area contributed by atoms with Crippen LogP contribution in [0, 0.1) is 0 Å². The number of aryl methyl sites for hydroxylation is 1. The fourth-order valence-electron chi connectivity index (χ4n) is 5.28. The quantitative estimate of drug-likeness (QED) is 0.444. The average Bonchev–Trinajstić information content (AvgIpc) is 3.39. The number of likely N-dealkylation sites (N-methyl/N-ethyl adjacent to an activating group) is 1. The fraction of sp³-hybridized carbons (Fsp3) is 0.414. The number of nitrogens with one attached hydrogen (secondary N) is 1. The number of benzene rings is 2. The largest absolute Gasteiger partial charge is 0.390 e. The smallest absolute Gasteiger partial charge is 0.289 e. The van der Waals surface area contributed by atoms with Crippen molar-refractivity contribution in [2.45, 2.75) is 50.7 Å². The number of carbonyl (C=O) groups excluding carboxylic acids is 1. The van der Waals surface area contributed by atoms with E-state index in [1.165, 1.54) is 25.4 Å². The Morgan fingerprint density at radius 3 is 2.39 bits per heavy atom. The molecule has 0 saturated carbocycles. The molecule has 1 N–H and O–H groups in total. The summed E-state index contributed by atoms with van der Waals surface area (Å²) in [7, 11) is 2.99. The first-order chi connectivity index (χ1) is 19.2. The molecule has 41 heavy (non-hydrogen) atoms. The van der Waals surface area contributed by atoms with E-state index in [4.69, 9.17) is 9.36 Å². The van der Waals surface area contributed by atoms with Crippen LogP contribution < -0.4 is 10.9 Å². The molecule has 0 saturated heterocycles. The van der Waals surface area contributed by atoms with E-state index in [1.807, 2.05) is 33.9 Å². The molecule has 0 atom stereocenters. The van der Waals surface area contributed by atoms with Gasteiger partial charge in [0.15, 0.2) is 12.3 Å². The molecule has 2 aliphatic rings. The number of hydrogen-bond donors (Lipinski definition) is 1. The lowest BCUT2D eigenvalue weighted by molar-refractivity contribution is -0.110. The molecular weight excluding hydrogens is 546 g/mol. The van der Waals surface area contributed by atoms with Gasteiger partial charge in [-0.1, -0.05) is 38.1 Å². The number of hydrogen-bond acceptors (Lipinski definition) is 8. The molecule has 3 aromatic rings. The van der Waals surface area contributed by atoms with E-state index in [0.29, 0.717) is 29.1 Å². The highest BCUT2D eigenvalue weighted by Gasteiger charge is 2.34. The van der Waals surface area contributed by atoms with Gasteiger partial charge in [0.2, 0.25) is 10.0 Å². The van der Waals surface area contributed by atoms with Crippen LogP contribution >= 0.6 is 0 Å². The van der Waals surface area contributed by atoms with Gasteiger partial charge in [-0.2, -0.15) is 4.74 Å². The van der Waals surface area contributed by atoms with Crippen LogP contribution in [0.4, 0.5) is 5.69 Å². The number of fused-ring (bicyclic) bond motifs is 3. The van der Waals surface area contributed by atoms with Crippen molar-refractivity contribution >= 4 is 27.3 Å². The second-order valence-corrected chi connectivity index (χ2v) is 13.9. The fourth-order valence-corrected chi connectivity index (χ4v) is 6.18. The molecule has 2 aliphatic heterocycles. The Morgan fingerprint density at radius 1 is 1.07 bits per heavy atom. The molecule has 0 fully saturated rings. The van der Waals surface area contributed by atoms with Gasteiger partial charge in [0.1, 0.15) is 11.3 Å². The first kappa shape index (κ1) is 28.8. The first-order valence-electron chi connectivity index (χ1n) is 13.3. The van der Waals surface area contributed by atoms with Crippen molar-refractivity contribution in [3.63, 3.8) is 0 Å². The van der Waals surface area contributed by atoms with Crippen LogP contribution in [0.2, 0.25) is 0 Å². The monoisotopic (exact) mass is 581 g/mol. The number of aromatic nitrogens is 1. The summed E-state index contributed by atoms with van der Waals surface area (Å²) < 4.78 is 33.2. The predicted octanol–water partition coefficient (Wildman–Crippen LogP) is 3.05. The summed E-state index contributed by atoms with van der Waals surface area (Å²) in [6.07, 6.45) is 0.768. The molecule has 0 aliphatic carbocycles. The minimum Gasteiger partial charge on any atom is -0.390 e. The summed E-state index contributed by atoms with van der Waals surface area (Å²) in [6, 6.07) is 8.68. The molecule has 2 aromatic carbocycles. The molecule has 0 spiro atoms. The summed E-state index contributed by atoms with van der Waals surface area (Å²) >= 11 is 0. The molecule has 1 amide bonds. The molecule has 11 nitrogen and oxygen atoms in total. The number of sulfonamides is 1. The molecule has 12 heteroatoms. The summed E-state index contributed by atoms with van der Waals surface area (Å²) in [4.78, 5) is 33.8. The molecule has 3 heterocycles. The standard InChI is InChI=1S/C29H35N5O6S/c1-29(2,3)26-23(28(36)34(7)40-26)16-39-31-25-21-14-20(17-8-10-18(11-9-17)41(37,38)32(4)5)19-12-13-33(6)15-22(19)24(21)30-27(25)35/h8-11,14H,12-13,15-16H2,1-7H3,(H,30,31,35). The first-order valence-corrected chi connectivity index (χ1v) is 14.8. The van der Waals surface area contributed by atoms with Gasteiger partial charge < -0.3 is 19.6 Å². The van der Waals surface area contributed by atoms with E-state index in [0.717, 1.165) is 40.0 Å². The molecule has 218 valence electrons. The Kier molecular flexibility index (Phi) is 7.21. The van der Waals surface area contributed by atoms with E-state index in [9.17, 15) is 18.0 Å². The maximum Gasteiger partial charge on any atom is 0.289 e. The third-order valence-electron chi connectivity index (χ3n) is 7.47. The summed E-state index contributed by atoms with van der Waals surface area (Å²) in [6.45, 7) is 7.14. The SMILES string of the molecule is CN1CCc2c(-c3ccc(S(=O)(=O)N(C)C)cc3)cc3c(c2C1)NC(=O)/C3=N\OCc1c(C(C)(C)C)on(C)c1=O. The van der Waals surface area contributed by atoms with Crippen molar-refractivity contribution < 1.29 is 22.6 Å². The van der Waals surface area contributed by atoms with Crippen LogP contribution in [0.15, 0.2) is 49.7 Å². The normalized spacial score (nSPS) is 16.7. The average molecular weight is 582 g/mol. The van der Waals surface area contributed by atoms with Crippen molar-refractivity contribution in [3.05, 3.63) is 68.7 Å². The minimum absolute atomic E-state index is 0.113. The minimum atomic E-state index is -3.57. The molecule has 0 radical (unpaired) electrons. The van der Waals surface area contributed by atoms with E-state index in [-0.39, 0.29) is 22.8 Å². The zero-order chi connectivity index (χ0) is 29.9. The van der Waals surface area contributed by atoms with Crippen LogP contribution in [0.3, 0.4) is 0 Å². The lowest BCUT2D eigenvalue weighted by atomic mass is 9.87. The maximum atomic E-state index is 13.1. The lowest BCUT2D eigenvalue weighted by Gasteiger charge is -2.29. The highest BCUT2D eigenvalue weighted by molar-refractivity contribution is 7.89. The van der Waals surface area contributed by atoms with Crippen molar-refractivity contribution in [1.82, 2.24) is 13.9 Å². The molecule has 1 aromatic heterocycles. The highest BCUT2D eigenvalue weighted by Crippen LogP contribution is 2.40. The Hall–Kier alpha value is -3.74. The van der Waals surface area contributed by atoms with Gasteiger partial charge in [0.25, 0.3) is 11.5 Å². The van der Waals surface area contributed by atoms with Gasteiger partial charge in [-0.15, -0.1) is 0 Å². The number of anilines is 1. The Morgan fingerprint density at radius 2 is 1.76 bits per heavy atom. The Bertz CT molecular complexity index is 1730. The maximum absolute atomic E-state index is 13.1. The zero-order valence-corrected chi connectivity index (χ0v) is 25.2.